The summed E-state index contributed by atoms with van der Waals surface area (Å²) in [6.07, 6.45) is 3.67. The minimum atomic E-state index is -0.300. The lowest BCUT2D eigenvalue weighted by atomic mass is 9.82. The minimum absolute atomic E-state index is 0.300. The van der Waals surface area contributed by atoms with Gasteiger partial charge in [0.15, 0.2) is 5.82 Å². The number of nitrogens with one attached hydrogen (secondary N) is 1. The molecule has 1 aromatic heterocycles. The summed E-state index contributed by atoms with van der Waals surface area (Å²) in [7, 11) is 0. The van der Waals surface area contributed by atoms with Gasteiger partial charge >= 0.3 is 5.97 Å². The molecular formula is C22H28ClN3O2. The van der Waals surface area contributed by atoms with Gasteiger partial charge in [0.25, 0.3) is 0 Å². The van der Waals surface area contributed by atoms with Gasteiger partial charge in [-0.2, -0.15) is 5.10 Å². The second kappa shape index (κ2) is 8.82. The van der Waals surface area contributed by atoms with E-state index in [9.17, 15) is 4.79 Å². The van der Waals surface area contributed by atoms with Crippen molar-refractivity contribution in [3.63, 3.8) is 0 Å². The molecule has 0 bridgehead atoms. The molecule has 1 aliphatic heterocycles. The van der Waals surface area contributed by atoms with E-state index in [1.165, 1.54) is 0 Å². The Morgan fingerprint density at radius 2 is 2.04 bits per heavy atom. The van der Waals surface area contributed by atoms with Crippen LogP contribution in [-0.2, 0) is 16.1 Å². The van der Waals surface area contributed by atoms with E-state index < -0.39 is 0 Å². The lowest BCUT2D eigenvalue weighted by Crippen LogP contribution is -2.25. The number of anilines is 1. The number of ether oxygens (including phenoxy) is 1. The number of hydrogen-bond acceptors (Lipinski definition) is 4. The van der Waals surface area contributed by atoms with Gasteiger partial charge in [-0.15, -0.1) is 0 Å². The van der Waals surface area contributed by atoms with Crippen LogP contribution in [0.4, 0.5) is 5.82 Å². The third-order valence-electron chi connectivity index (χ3n) is 4.75. The Bertz CT molecular complexity index is 886. The van der Waals surface area contributed by atoms with E-state index in [0.29, 0.717) is 23.1 Å². The Balaban J connectivity index is 2.19. The lowest BCUT2D eigenvalue weighted by molar-refractivity contribution is -0.138. The standard InChI is InChI=1S/C22H28ClN3O2/c1-5-9-18-20(22(27)28-6-2)19(15-10-7-8-11-17(15)23)16-13-26(12-14(3)4)25-21(16)24-18/h7-8,10-11,13-14,19H,5-6,9,12H2,1-4H3,(H,24,25). The van der Waals surface area contributed by atoms with Crippen molar-refractivity contribution in [2.75, 3.05) is 11.9 Å². The highest BCUT2D eigenvalue weighted by Gasteiger charge is 2.37. The number of hydrogen-bond donors (Lipinski definition) is 1. The molecule has 1 unspecified atom stereocenters. The van der Waals surface area contributed by atoms with E-state index in [4.69, 9.17) is 21.4 Å². The van der Waals surface area contributed by atoms with Gasteiger partial charge in [0.1, 0.15) is 0 Å². The smallest absolute Gasteiger partial charge is 0.336 e. The van der Waals surface area contributed by atoms with Gasteiger partial charge in [0, 0.05) is 34.9 Å². The van der Waals surface area contributed by atoms with E-state index in [1.54, 1.807) is 0 Å². The topological polar surface area (TPSA) is 56.2 Å². The van der Waals surface area contributed by atoms with Crippen LogP contribution in [0.2, 0.25) is 5.02 Å². The predicted octanol–water partition coefficient (Wildman–Crippen LogP) is 5.37. The quantitative estimate of drug-likeness (QED) is 0.634. The van der Waals surface area contributed by atoms with Crippen LogP contribution in [-0.4, -0.2) is 22.4 Å². The van der Waals surface area contributed by atoms with Crippen LogP contribution >= 0.6 is 11.6 Å². The number of nitrogens with zero attached hydrogens (tertiary/aromatic N) is 2. The molecular weight excluding hydrogens is 374 g/mol. The molecule has 5 nitrogen and oxygen atoms in total. The summed E-state index contributed by atoms with van der Waals surface area (Å²) in [4.78, 5) is 13.0. The van der Waals surface area contributed by atoms with Crippen LogP contribution in [0.1, 0.15) is 57.6 Å². The number of allylic oxidation sites excluding steroid dienone is 1. The average Bonchev–Trinajstić information content (AvgIpc) is 3.02. The molecule has 0 saturated heterocycles. The van der Waals surface area contributed by atoms with Crippen molar-refractivity contribution in [3.05, 3.63) is 57.9 Å². The number of carbonyl (C=O) groups excluding carboxylic acids is 1. The van der Waals surface area contributed by atoms with Gasteiger partial charge in [-0.05, 0) is 30.9 Å². The third kappa shape index (κ3) is 4.09. The van der Waals surface area contributed by atoms with Gasteiger partial charge in [-0.25, -0.2) is 4.79 Å². The SMILES string of the molecule is CCCC1=C(C(=O)OCC)C(c2ccccc2Cl)c2cn(CC(C)C)nc2N1. The molecule has 1 atom stereocenters. The van der Waals surface area contributed by atoms with E-state index in [-0.39, 0.29) is 11.9 Å². The molecule has 0 aliphatic carbocycles. The number of rotatable bonds is 7. The van der Waals surface area contributed by atoms with Crippen molar-refractivity contribution in [1.82, 2.24) is 9.78 Å². The number of esters is 1. The summed E-state index contributed by atoms with van der Waals surface area (Å²) in [6, 6.07) is 7.69. The molecule has 1 N–H and O–H groups in total. The Hall–Kier alpha value is -2.27. The van der Waals surface area contributed by atoms with Crippen LogP contribution in [0.5, 0.6) is 0 Å². The highest BCUT2D eigenvalue weighted by atomic mass is 35.5. The first kappa shape index (κ1) is 20.5. The van der Waals surface area contributed by atoms with Crippen molar-refractivity contribution < 1.29 is 9.53 Å². The molecule has 2 aromatic rings. The fraction of sp³-hybridized carbons (Fsp3) is 0.455. The molecule has 28 heavy (non-hydrogen) atoms. The van der Waals surface area contributed by atoms with E-state index in [2.05, 4.69) is 26.1 Å². The van der Waals surface area contributed by atoms with Crippen molar-refractivity contribution in [3.8, 4) is 0 Å². The van der Waals surface area contributed by atoms with Crippen molar-refractivity contribution >= 4 is 23.4 Å². The molecule has 1 aromatic carbocycles. The van der Waals surface area contributed by atoms with Crippen LogP contribution in [0.25, 0.3) is 0 Å². The van der Waals surface area contributed by atoms with Crippen molar-refractivity contribution in [1.29, 1.82) is 0 Å². The normalized spacial score (nSPS) is 16.1. The Labute approximate surface area is 171 Å². The molecule has 0 fully saturated rings. The molecule has 2 heterocycles. The maximum atomic E-state index is 13.0. The molecule has 0 saturated carbocycles. The van der Waals surface area contributed by atoms with Crippen LogP contribution in [0, 0.1) is 5.92 Å². The monoisotopic (exact) mass is 401 g/mol. The molecule has 0 radical (unpaired) electrons. The maximum Gasteiger partial charge on any atom is 0.336 e. The number of benzene rings is 1. The number of carbonyl (C=O) groups is 1. The second-order valence-corrected chi connectivity index (χ2v) is 7.90. The van der Waals surface area contributed by atoms with Crippen molar-refractivity contribution in [2.45, 2.75) is 53.0 Å². The summed E-state index contributed by atoms with van der Waals surface area (Å²) >= 11 is 6.56. The zero-order valence-electron chi connectivity index (χ0n) is 17.0. The van der Waals surface area contributed by atoms with Crippen LogP contribution in [0.3, 0.4) is 0 Å². The highest BCUT2D eigenvalue weighted by molar-refractivity contribution is 6.31. The summed E-state index contributed by atoms with van der Waals surface area (Å²) in [5, 5.41) is 8.78. The maximum absolute atomic E-state index is 13.0. The first-order valence-electron chi connectivity index (χ1n) is 9.95. The fourth-order valence-corrected chi connectivity index (χ4v) is 3.93. The second-order valence-electron chi connectivity index (χ2n) is 7.49. The van der Waals surface area contributed by atoms with Crippen molar-refractivity contribution in [2.24, 2.45) is 5.92 Å². The molecule has 0 spiro atoms. The molecule has 3 rings (SSSR count). The predicted molar refractivity (Wildman–Crippen MR) is 113 cm³/mol. The number of fused-ring (bicyclic) bond motifs is 1. The largest absolute Gasteiger partial charge is 0.463 e. The highest BCUT2D eigenvalue weighted by Crippen LogP contribution is 2.44. The Morgan fingerprint density at radius 1 is 1.29 bits per heavy atom. The van der Waals surface area contributed by atoms with E-state index in [1.807, 2.05) is 42.1 Å². The summed E-state index contributed by atoms with van der Waals surface area (Å²) < 4.78 is 7.38. The Kier molecular flexibility index (Phi) is 6.45. The van der Waals surface area contributed by atoms with Crippen LogP contribution in [0.15, 0.2) is 41.7 Å². The lowest BCUT2D eigenvalue weighted by Gasteiger charge is -2.28. The molecule has 6 heteroatoms. The summed E-state index contributed by atoms with van der Waals surface area (Å²) in [5.41, 5.74) is 3.35. The number of halogens is 1. The summed E-state index contributed by atoms with van der Waals surface area (Å²) in [6.45, 7) is 9.37. The van der Waals surface area contributed by atoms with Gasteiger partial charge in [0.05, 0.1) is 12.2 Å². The first-order chi connectivity index (χ1) is 13.5. The fourth-order valence-electron chi connectivity index (χ4n) is 3.68. The number of aromatic nitrogens is 2. The third-order valence-corrected chi connectivity index (χ3v) is 5.09. The van der Waals surface area contributed by atoms with E-state index in [0.717, 1.165) is 42.0 Å². The van der Waals surface area contributed by atoms with Gasteiger partial charge in [0.2, 0.25) is 0 Å². The molecule has 1 aliphatic rings. The minimum Gasteiger partial charge on any atom is -0.463 e. The Morgan fingerprint density at radius 3 is 2.68 bits per heavy atom. The van der Waals surface area contributed by atoms with Gasteiger partial charge in [-0.3, -0.25) is 4.68 Å². The van der Waals surface area contributed by atoms with Crippen LogP contribution < -0.4 is 5.32 Å². The average molecular weight is 402 g/mol. The molecule has 150 valence electrons. The first-order valence-corrected chi connectivity index (χ1v) is 10.3. The molecule has 0 amide bonds. The van der Waals surface area contributed by atoms with Gasteiger partial charge < -0.3 is 10.1 Å². The zero-order valence-corrected chi connectivity index (χ0v) is 17.7. The van der Waals surface area contributed by atoms with Gasteiger partial charge in [-0.1, -0.05) is 57.0 Å². The summed E-state index contributed by atoms with van der Waals surface area (Å²) in [5.74, 6) is 0.659. The zero-order chi connectivity index (χ0) is 20.3. The van der Waals surface area contributed by atoms with E-state index >= 15 is 0 Å².